The normalized spacial score (nSPS) is 16.0. The van der Waals surface area contributed by atoms with E-state index < -0.39 is 0 Å². The Hall–Kier alpha value is -1.26. The Morgan fingerprint density at radius 2 is 2.05 bits per heavy atom. The number of ether oxygens (including phenoxy) is 2. The molecule has 1 atom stereocenters. The molecule has 0 aromatic heterocycles. The molecule has 4 nitrogen and oxygen atoms in total. The van der Waals surface area contributed by atoms with Crippen molar-refractivity contribution in [1.82, 2.24) is 5.32 Å². The first-order chi connectivity index (χ1) is 9.48. The summed E-state index contributed by atoms with van der Waals surface area (Å²) in [5.41, 5.74) is 1.19. The lowest BCUT2D eigenvalue weighted by Crippen LogP contribution is -2.32. The Labute approximate surface area is 121 Å². The molecule has 0 amide bonds. The summed E-state index contributed by atoms with van der Waals surface area (Å²) >= 11 is 0. The fourth-order valence-corrected chi connectivity index (χ4v) is 2.68. The predicted octanol–water partition coefficient (Wildman–Crippen LogP) is 2.34. The van der Waals surface area contributed by atoms with Crippen molar-refractivity contribution in [2.75, 3.05) is 19.8 Å². The summed E-state index contributed by atoms with van der Waals surface area (Å²) in [4.78, 5) is 0. The first-order valence-electron chi connectivity index (χ1n) is 7.24. The third kappa shape index (κ3) is 4.12. The van der Waals surface area contributed by atoms with Crippen LogP contribution in [0.25, 0.3) is 0 Å². The lowest BCUT2D eigenvalue weighted by Gasteiger charge is -2.27. The van der Waals surface area contributed by atoms with Crippen LogP contribution in [-0.4, -0.2) is 31.0 Å². The molecule has 0 fully saturated rings. The zero-order chi connectivity index (χ0) is 14.6. The van der Waals surface area contributed by atoms with E-state index in [9.17, 15) is 5.11 Å². The average molecular weight is 279 g/mol. The molecule has 0 radical (unpaired) electrons. The molecule has 2 N–H and O–H groups in total. The second-order valence-electron chi connectivity index (χ2n) is 6.26. The van der Waals surface area contributed by atoms with Crippen molar-refractivity contribution in [3.63, 3.8) is 0 Å². The summed E-state index contributed by atoms with van der Waals surface area (Å²) in [6.07, 6.45) is 0.514. The molecule has 20 heavy (non-hydrogen) atoms. The Balaban J connectivity index is 1.91. The molecule has 0 spiro atoms. The number of aliphatic hydroxyl groups excluding tert-OH is 1. The maximum absolute atomic E-state index is 9.50. The van der Waals surface area contributed by atoms with Crippen LogP contribution in [0.1, 0.15) is 32.8 Å². The molecule has 0 saturated heterocycles. The zero-order valence-electron chi connectivity index (χ0n) is 12.6. The predicted molar refractivity (Wildman–Crippen MR) is 79.2 cm³/mol. The van der Waals surface area contributed by atoms with Gasteiger partial charge in [0.05, 0.1) is 6.10 Å². The molecule has 4 heteroatoms. The molecule has 1 unspecified atom stereocenters. The first-order valence-corrected chi connectivity index (χ1v) is 7.24. The monoisotopic (exact) mass is 279 g/mol. The largest absolute Gasteiger partial charge is 0.486 e. The van der Waals surface area contributed by atoms with E-state index in [0.717, 1.165) is 36.6 Å². The van der Waals surface area contributed by atoms with Crippen LogP contribution >= 0.6 is 0 Å². The van der Waals surface area contributed by atoms with Gasteiger partial charge in [0.15, 0.2) is 11.5 Å². The van der Waals surface area contributed by atoms with E-state index in [0.29, 0.717) is 13.2 Å². The van der Waals surface area contributed by atoms with Crippen LogP contribution < -0.4 is 14.8 Å². The summed E-state index contributed by atoms with van der Waals surface area (Å²) in [6, 6.07) is 5.99. The van der Waals surface area contributed by atoms with Gasteiger partial charge in [-0.05, 0) is 24.8 Å². The fraction of sp³-hybridized carbons (Fsp3) is 0.625. The zero-order valence-corrected chi connectivity index (χ0v) is 12.6. The molecular weight excluding hydrogens is 254 g/mol. The van der Waals surface area contributed by atoms with Crippen molar-refractivity contribution in [1.29, 1.82) is 0 Å². The van der Waals surface area contributed by atoms with Crippen molar-refractivity contribution in [3.8, 4) is 11.5 Å². The van der Waals surface area contributed by atoms with Crippen molar-refractivity contribution < 1.29 is 14.6 Å². The van der Waals surface area contributed by atoms with Crippen LogP contribution in [0.2, 0.25) is 0 Å². The number of hydrogen-bond donors (Lipinski definition) is 2. The van der Waals surface area contributed by atoms with Crippen molar-refractivity contribution >= 4 is 0 Å². The molecule has 112 valence electrons. The molecular formula is C16H25NO3. The van der Waals surface area contributed by atoms with Gasteiger partial charge in [-0.2, -0.15) is 0 Å². The van der Waals surface area contributed by atoms with Crippen LogP contribution in [0.3, 0.4) is 0 Å². The maximum atomic E-state index is 9.50. The van der Waals surface area contributed by atoms with Crippen LogP contribution in [0.15, 0.2) is 18.2 Å². The topological polar surface area (TPSA) is 50.7 Å². The van der Waals surface area contributed by atoms with E-state index in [1.165, 1.54) is 0 Å². The molecule has 0 bridgehead atoms. The van der Waals surface area contributed by atoms with E-state index in [1.807, 2.05) is 19.1 Å². The van der Waals surface area contributed by atoms with Crippen LogP contribution in [0.5, 0.6) is 11.5 Å². The van der Waals surface area contributed by atoms with Crippen molar-refractivity contribution in [2.45, 2.75) is 39.8 Å². The molecule has 2 rings (SSSR count). The quantitative estimate of drug-likeness (QED) is 0.839. The van der Waals surface area contributed by atoms with Crippen LogP contribution in [0, 0.1) is 5.41 Å². The number of benzene rings is 1. The van der Waals surface area contributed by atoms with Gasteiger partial charge < -0.3 is 19.9 Å². The standard InChI is InChI=1S/C16H25NO3/c1-12(18)9-16(2,3)11-17-10-13-5-4-6-14-15(13)20-8-7-19-14/h4-6,12,17-18H,7-11H2,1-3H3. The van der Waals surface area contributed by atoms with Gasteiger partial charge in [-0.25, -0.2) is 0 Å². The first kappa shape index (κ1) is 15.1. The van der Waals surface area contributed by atoms with Gasteiger partial charge in [-0.15, -0.1) is 0 Å². The summed E-state index contributed by atoms with van der Waals surface area (Å²) < 4.78 is 11.3. The van der Waals surface area contributed by atoms with Gasteiger partial charge in [-0.3, -0.25) is 0 Å². The van der Waals surface area contributed by atoms with Crippen LogP contribution in [0.4, 0.5) is 0 Å². The number of para-hydroxylation sites is 1. The van der Waals surface area contributed by atoms with E-state index in [2.05, 4.69) is 25.2 Å². The van der Waals surface area contributed by atoms with Gasteiger partial charge in [0.2, 0.25) is 0 Å². The summed E-state index contributed by atoms with van der Waals surface area (Å²) in [7, 11) is 0. The molecule has 1 aromatic rings. The fourth-order valence-electron chi connectivity index (χ4n) is 2.68. The Bertz CT molecular complexity index is 443. The minimum atomic E-state index is -0.270. The van der Waals surface area contributed by atoms with Crippen molar-refractivity contribution in [2.24, 2.45) is 5.41 Å². The smallest absolute Gasteiger partial charge is 0.165 e. The Morgan fingerprint density at radius 1 is 1.30 bits per heavy atom. The Kier molecular flexibility index (Phi) is 4.89. The molecule has 1 aliphatic heterocycles. The number of fused-ring (bicyclic) bond motifs is 1. The molecule has 1 heterocycles. The van der Waals surface area contributed by atoms with Crippen LogP contribution in [-0.2, 0) is 6.54 Å². The maximum Gasteiger partial charge on any atom is 0.165 e. The minimum Gasteiger partial charge on any atom is -0.486 e. The second-order valence-corrected chi connectivity index (χ2v) is 6.26. The summed E-state index contributed by atoms with van der Waals surface area (Å²) in [5.74, 6) is 1.69. The molecule has 1 aliphatic rings. The SMILES string of the molecule is CC(O)CC(C)(C)CNCc1cccc2c1OCCO2. The Morgan fingerprint density at radius 3 is 2.80 bits per heavy atom. The third-order valence-corrected chi connectivity index (χ3v) is 3.41. The molecule has 0 aliphatic carbocycles. The summed E-state index contributed by atoms with van der Waals surface area (Å²) in [5, 5.41) is 12.9. The lowest BCUT2D eigenvalue weighted by atomic mass is 9.87. The lowest BCUT2D eigenvalue weighted by molar-refractivity contribution is 0.128. The average Bonchev–Trinajstić information content (AvgIpc) is 2.37. The summed E-state index contributed by atoms with van der Waals surface area (Å²) in [6.45, 7) is 8.97. The van der Waals surface area contributed by atoms with Gasteiger partial charge in [-0.1, -0.05) is 26.0 Å². The highest BCUT2D eigenvalue weighted by atomic mass is 16.6. The number of nitrogens with one attached hydrogen (secondary N) is 1. The second kappa shape index (κ2) is 6.46. The highest BCUT2D eigenvalue weighted by molar-refractivity contribution is 5.47. The highest BCUT2D eigenvalue weighted by Gasteiger charge is 2.20. The number of aliphatic hydroxyl groups is 1. The number of hydrogen-bond acceptors (Lipinski definition) is 4. The minimum absolute atomic E-state index is 0.0698. The van der Waals surface area contributed by atoms with E-state index >= 15 is 0 Å². The van der Waals surface area contributed by atoms with Gasteiger partial charge in [0.25, 0.3) is 0 Å². The van der Waals surface area contributed by atoms with Gasteiger partial charge in [0.1, 0.15) is 13.2 Å². The van der Waals surface area contributed by atoms with E-state index in [4.69, 9.17) is 9.47 Å². The van der Waals surface area contributed by atoms with Crippen molar-refractivity contribution in [3.05, 3.63) is 23.8 Å². The molecule has 1 aromatic carbocycles. The van der Waals surface area contributed by atoms with Gasteiger partial charge in [0, 0.05) is 18.7 Å². The van der Waals surface area contributed by atoms with E-state index in [1.54, 1.807) is 0 Å². The third-order valence-electron chi connectivity index (χ3n) is 3.41. The van der Waals surface area contributed by atoms with E-state index in [-0.39, 0.29) is 11.5 Å². The highest BCUT2D eigenvalue weighted by Crippen LogP contribution is 2.33. The van der Waals surface area contributed by atoms with Gasteiger partial charge >= 0.3 is 0 Å². The molecule has 0 saturated carbocycles. The number of rotatable bonds is 6.